The van der Waals surface area contributed by atoms with Crippen molar-refractivity contribution in [2.24, 2.45) is 23.7 Å². The van der Waals surface area contributed by atoms with Crippen molar-refractivity contribution in [2.45, 2.75) is 80.1 Å². The zero-order chi connectivity index (χ0) is 18.9. The average molecular weight is 341 g/mol. The minimum absolute atomic E-state index is 0.0513. The van der Waals surface area contributed by atoms with Crippen molar-refractivity contribution in [1.29, 1.82) is 0 Å². The maximum atomic E-state index is 14.2. The van der Waals surface area contributed by atoms with Crippen molar-refractivity contribution in [2.75, 3.05) is 0 Å². The van der Waals surface area contributed by atoms with Crippen LogP contribution < -0.4 is 0 Å². The first-order valence-corrected chi connectivity index (χ1v) is 9.58. The van der Waals surface area contributed by atoms with Crippen LogP contribution in [0, 0.1) is 23.7 Å². The molecule has 0 rings (SSSR count). The first-order chi connectivity index (χ1) is 11.1. The molecule has 0 aromatic heterocycles. The Kier molecular flexibility index (Phi) is 11.2. The fourth-order valence-electron chi connectivity index (χ4n) is 2.68. The van der Waals surface area contributed by atoms with E-state index < -0.39 is 11.7 Å². The van der Waals surface area contributed by atoms with E-state index in [1.165, 1.54) is 19.3 Å². The molecule has 0 spiro atoms. The van der Waals surface area contributed by atoms with E-state index in [4.69, 9.17) is 0 Å². The molecule has 0 amide bonds. The fraction of sp³-hybridized carbons (Fsp3) is 0.727. The smallest absolute Gasteiger partial charge is 0.161 e. The third-order valence-electron chi connectivity index (χ3n) is 5.64. The number of allylic oxidation sites excluding steroid dienone is 4. The third-order valence-corrected chi connectivity index (χ3v) is 5.64. The maximum Gasteiger partial charge on any atom is 0.161 e. The number of hydrogen-bond acceptors (Lipinski definition) is 0. The standard InChI is InChI=1S/C22H38F2/c1-9-15(3)11-12-17(5)18(6)13-14-19(7)20(8)22(24)21(23)16(4)10-2/h15,17-19H,4,8-14H2,1-3,5-7H3/b22-21-. The molecule has 0 fully saturated rings. The molecule has 0 saturated carbocycles. The molecular formula is C22H38F2. The topological polar surface area (TPSA) is 0 Å². The van der Waals surface area contributed by atoms with Gasteiger partial charge in [-0.2, -0.15) is 0 Å². The Bertz CT molecular complexity index is 433. The molecule has 0 N–H and O–H groups in total. The van der Waals surface area contributed by atoms with E-state index in [-0.39, 0.29) is 17.1 Å². The second-order valence-corrected chi connectivity index (χ2v) is 7.63. The van der Waals surface area contributed by atoms with Gasteiger partial charge in [-0.25, -0.2) is 8.78 Å². The quantitative estimate of drug-likeness (QED) is 0.314. The van der Waals surface area contributed by atoms with Crippen molar-refractivity contribution in [3.05, 3.63) is 36.0 Å². The number of hydrogen-bond donors (Lipinski definition) is 0. The van der Waals surface area contributed by atoms with Crippen LogP contribution in [-0.2, 0) is 0 Å². The van der Waals surface area contributed by atoms with Gasteiger partial charge in [0.15, 0.2) is 11.7 Å². The van der Waals surface area contributed by atoms with Gasteiger partial charge in [0.25, 0.3) is 0 Å². The SMILES string of the molecule is C=C(CC)/C(F)=C(/F)C(=C)C(C)CCC(C)C(C)CCC(C)CC. The van der Waals surface area contributed by atoms with Crippen LogP contribution in [0.3, 0.4) is 0 Å². The second-order valence-electron chi connectivity index (χ2n) is 7.63. The molecule has 0 nitrogen and oxygen atoms in total. The van der Waals surface area contributed by atoms with Crippen molar-refractivity contribution in [3.8, 4) is 0 Å². The molecule has 0 radical (unpaired) electrons. The number of rotatable bonds is 12. The summed E-state index contributed by atoms with van der Waals surface area (Å²) in [5.74, 6) is 0.344. The van der Waals surface area contributed by atoms with E-state index in [0.29, 0.717) is 18.3 Å². The highest BCUT2D eigenvalue weighted by Gasteiger charge is 2.19. The molecule has 4 unspecified atom stereocenters. The summed E-state index contributed by atoms with van der Waals surface area (Å²) in [5.41, 5.74) is 0.467. The molecule has 2 heteroatoms. The van der Waals surface area contributed by atoms with Crippen LogP contribution >= 0.6 is 0 Å². The molecule has 0 aromatic carbocycles. The molecule has 0 aromatic rings. The fourth-order valence-corrected chi connectivity index (χ4v) is 2.68. The minimum Gasteiger partial charge on any atom is -0.203 e. The molecule has 0 heterocycles. The first-order valence-electron chi connectivity index (χ1n) is 9.58. The van der Waals surface area contributed by atoms with Crippen LogP contribution in [-0.4, -0.2) is 0 Å². The molecule has 4 atom stereocenters. The van der Waals surface area contributed by atoms with E-state index in [0.717, 1.165) is 18.8 Å². The van der Waals surface area contributed by atoms with Crippen LogP contribution in [0.2, 0.25) is 0 Å². The monoisotopic (exact) mass is 340 g/mol. The normalized spacial score (nSPS) is 17.7. The van der Waals surface area contributed by atoms with Crippen LogP contribution in [0.25, 0.3) is 0 Å². The van der Waals surface area contributed by atoms with Crippen LogP contribution in [0.4, 0.5) is 8.78 Å². The maximum absolute atomic E-state index is 14.2. The van der Waals surface area contributed by atoms with Gasteiger partial charge in [-0.1, -0.05) is 74.0 Å². The van der Waals surface area contributed by atoms with Gasteiger partial charge >= 0.3 is 0 Å². The Labute approximate surface area is 149 Å². The van der Waals surface area contributed by atoms with E-state index in [2.05, 4.69) is 40.9 Å². The van der Waals surface area contributed by atoms with Gasteiger partial charge < -0.3 is 0 Å². The lowest BCUT2D eigenvalue weighted by Crippen LogP contribution is -2.12. The number of halogens is 2. The zero-order valence-electron chi connectivity index (χ0n) is 16.7. The summed E-state index contributed by atoms with van der Waals surface area (Å²) in [6.45, 7) is 20.1. The summed E-state index contributed by atoms with van der Waals surface area (Å²) < 4.78 is 28.0. The van der Waals surface area contributed by atoms with Gasteiger partial charge in [0, 0.05) is 0 Å². The summed E-state index contributed by atoms with van der Waals surface area (Å²) in [6, 6.07) is 0. The summed E-state index contributed by atoms with van der Waals surface area (Å²) in [7, 11) is 0. The summed E-state index contributed by atoms with van der Waals surface area (Å²) >= 11 is 0. The van der Waals surface area contributed by atoms with E-state index in [1.54, 1.807) is 6.92 Å². The average Bonchev–Trinajstić information content (AvgIpc) is 2.60. The Morgan fingerprint density at radius 1 is 0.792 bits per heavy atom. The largest absolute Gasteiger partial charge is 0.203 e. The molecular weight excluding hydrogens is 302 g/mol. The highest BCUT2D eigenvalue weighted by atomic mass is 19.2. The Hall–Kier alpha value is -0.920. The van der Waals surface area contributed by atoms with Gasteiger partial charge in [0.2, 0.25) is 0 Å². The highest BCUT2D eigenvalue weighted by molar-refractivity contribution is 5.35. The Morgan fingerprint density at radius 3 is 1.75 bits per heavy atom. The summed E-state index contributed by atoms with van der Waals surface area (Å²) in [6.07, 6.45) is 6.01. The lowest BCUT2D eigenvalue weighted by molar-refractivity contribution is 0.299. The molecule has 24 heavy (non-hydrogen) atoms. The van der Waals surface area contributed by atoms with E-state index in [1.807, 2.05) is 6.92 Å². The summed E-state index contributed by atoms with van der Waals surface area (Å²) in [5, 5.41) is 0. The van der Waals surface area contributed by atoms with Crippen LogP contribution in [0.5, 0.6) is 0 Å². The van der Waals surface area contributed by atoms with Gasteiger partial charge in [-0.15, -0.1) is 0 Å². The van der Waals surface area contributed by atoms with Crippen molar-refractivity contribution in [3.63, 3.8) is 0 Å². The zero-order valence-corrected chi connectivity index (χ0v) is 16.7. The lowest BCUT2D eigenvalue weighted by Gasteiger charge is -2.23. The third kappa shape index (κ3) is 7.77. The molecule has 0 aliphatic heterocycles. The highest BCUT2D eigenvalue weighted by Crippen LogP contribution is 2.32. The van der Waals surface area contributed by atoms with Crippen LogP contribution in [0.1, 0.15) is 80.1 Å². The van der Waals surface area contributed by atoms with Crippen molar-refractivity contribution in [1.82, 2.24) is 0 Å². The van der Waals surface area contributed by atoms with Gasteiger partial charge in [-0.3, -0.25) is 0 Å². The van der Waals surface area contributed by atoms with Gasteiger partial charge in [0.1, 0.15) is 0 Å². The predicted octanol–water partition coefficient (Wildman–Crippen LogP) is 8.17. The van der Waals surface area contributed by atoms with Crippen molar-refractivity contribution < 1.29 is 8.78 Å². The van der Waals surface area contributed by atoms with Gasteiger partial charge in [0.05, 0.1) is 0 Å². The van der Waals surface area contributed by atoms with Crippen LogP contribution in [0.15, 0.2) is 36.0 Å². The minimum atomic E-state index is -0.829. The molecule has 0 aliphatic rings. The molecule has 0 aliphatic carbocycles. The van der Waals surface area contributed by atoms with Gasteiger partial charge in [-0.05, 0) is 54.1 Å². The summed E-state index contributed by atoms with van der Waals surface area (Å²) in [4.78, 5) is 0. The lowest BCUT2D eigenvalue weighted by atomic mass is 9.83. The molecule has 0 saturated heterocycles. The molecule has 0 bridgehead atoms. The Balaban J connectivity index is 4.49. The van der Waals surface area contributed by atoms with E-state index in [9.17, 15) is 8.78 Å². The second kappa shape index (κ2) is 11.6. The van der Waals surface area contributed by atoms with E-state index >= 15 is 0 Å². The Morgan fingerprint density at radius 2 is 1.29 bits per heavy atom. The first kappa shape index (κ1) is 23.1. The van der Waals surface area contributed by atoms with Crippen molar-refractivity contribution >= 4 is 0 Å². The molecule has 140 valence electrons. The predicted molar refractivity (Wildman–Crippen MR) is 103 cm³/mol.